The van der Waals surface area contributed by atoms with Crippen LogP contribution in [0.4, 0.5) is 11.4 Å². The van der Waals surface area contributed by atoms with Gasteiger partial charge >= 0.3 is 5.97 Å². The van der Waals surface area contributed by atoms with Gasteiger partial charge in [0.05, 0.1) is 16.7 Å². The van der Waals surface area contributed by atoms with Crippen LogP contribution in [0.1, 0.15) is 11.6 Å². The predicted molar refractivity (Wildman–Crippen MR) is 84.1 cm³/mol. The molecule has 2 heterocycles. The van der Waals surface area contributed by atoms with Crippen molar-refractivity contribution in [2.45, 2.75) is 12.1 Å². The summed E-state index contributed by atoms with van der Waals surface area (Å²) in [5.41, 5.74) is 1.42. The van der Waals surface area contributed by atoms with Crippen LogP contribution in [0.3, 0.4) is 0 Å². The zero-order valence-electron chi connectivity index (χ0n) is 12.6. The van der Waals surface area contributed by atoms with Gasteiger partial charge in [-0.15, -0.1) is 0 Å². The number of rotatable bonds is 3. The van der Waals surface area contributed by atoms with E-state index in [1.54, 1.807) is 17.2 Å². The lowest BCUT2D eigenvalue weighted by Gasteiger charge is -2.26. The topological polar surface area (TPSA) is 81.9 Å². The van der Waals surface area contributed by atoms with Crippen molar-refractivity contribution in [3.05, 3.63) is 70.3 Å². The Hall–Kier alpha value is -2.93. The number of carbonyl (C=O) groups excluding carboxylic acids is 1. The average molecular weight is 326 g/mol. The van der Waals surface area contributed by atoms with Crippen molar-refractivity contribution in [1.29, 1.82) is 0 Å². The van der Waals surface area contributed by atoms with Gasteiger partial charge in [-0.1, -0.05) is 30.3 Å². The third-order valence-corrected chi connectivity index (χ3v) is 4.34. The Bertz CT molecular complexity index is 795. The molecule has 2 aliphatic rings. The van der Waals surface area contributed by atoms with Crippen LogP contribution in [0.2, 0.25) is 0 Å². The number of hydrogen-bond donors (Lipinski definition) is 0. The number of anilines is 1. The summed E-state index contributed by atoms with van der Waals surface area (Å²) >= 11 is 0. The number of nitro groups is 1. The lowest BCUT2D eigenvalue weighted by Crippen LogP contribution is -2.27. The Morgan fingerprint density at radius 1 is 1.12 bits per heavy atom. The minimum Gasteiger partial charge on any atom is -0.462 e. The maximum Gasteiger partial charge on any atom is 0.314 e. The number of non-ortho nitro benzene ring substituents is 1. The van der Waals surface area contributed by atoms with Crippen molar-refractivity contribution in [3.63, 3.8) is 0 Å². The van der Waals surface area contributed by atoms with E-state index in [1.807, 2.05) is 30.3 Å². The Morgan fingerprint density at radius 3 is 2.67 bits per heavy atom. The Balaban J connectivity index is 1.79. The van der Waals surface area contributed by atoms with Gasteiger partial charge in [0.2, 0.25) is 0 Å². The van der Waals surface area contributed by atoms with E-state index in [2.05, 4.69) is 0 Å². The minimum absolute atomic E-state index is 0.0182. The number of nitro benzene ring substituents is 1. The summed E-state index contributed by atoms with van der Waals surface area (Å²) in [6.45, 7) is 0.193. The number of hydroxylamine groups is 1. The van der Waals surface area contributed by atoms with Gasteiger partial charge in [-0.05, 0) is 17.7 Å². The van der Waals surface area contributed by atoms with Gasteiger partial charge in [0.1, 0.15) is 18.6 Å². The Labute approximate surface area is 137 Å². The molecule has 2 aliphatic heterocycles. The fourth-order valence-corrected chi connectivity index (χ4v) is 3.26. The summed E-state index contributed by atoms with van der Waals surface area (Å²) in [4.78, 5) is 28.7. The van der Waals surface area contributed by atoms with E-state index in [1.165, 1.54) is 12.1 Å². The average Bonchev–Trinajstić information content (AvgIpc) is 3.16. The molecule has 24 heavy (non-hydrogen) atoms. The van der Waals surface area contributed by atoms with Crippen molar-refractivity contribution in [2.75, 3.05) is 11.7 Å². The summed E-state index contributed by atoms with van der Waals surface area (Å²) in [6.07, 6.45) is -0.387. The summed E-state index contributed by atoms with van der Waals surface area (Å²) < 4.78 is 5.11. The first-order valence-electron chi connectivity index (χ1n) is 7.57. The SMILES string of the molecule is O=C1OCC2ON(c3ccccc3)C(c3cccc([N+](=O)[O-])c3)C12. The fourth-order valence-electron chi connectivity index (χ4n) is 3.26. The van der Waals surface area contributed by atoms with Crippen LogP contribution in [0, 0.1) is 16.0 Å². The molecule has 0 bridgehead atoms. The van der Waals surface area contributed by atoms with Crippen LogP contribution in [-0.2, 0) is 14.4 Å². The van der Waals surface area contributed by atoms with Gasteiger partial charge in [0.15, 0.2) is 0 Å². The zero-order chi connectivity index (χ0) is 16.7. The molecule has 122 valence electrons. The number of cyclic esters (lactones) is 1. The van der Waals surface area contributed by atoms with E-state index in [9.17, 15) is 14.9 Å². The highest BCUT2D eigenvalue weighted by Crippen LogP contribution is 2.45. The number of benzene rings is 2. The highest BCUT2D eigenvalue weighted by molar-refractivity contribution is 5.78. The van der Waals surface area contributed by atoms with Crippen molar-refractivity contribution >= 4 is 17.3 Å². The normalized spacial score (nSPS) is 25.4. The molecule has 0 saturated carbocycles. The maximum atomic E-state index is 12.2. The lowest BCUT2D eigenvalue weighted by atomic mass is 9.90. The van der Waals surface area contributed by atoms with E-state index < -0.39 is 16.9 Å². The summed E-state index contributed by atoms with van der Waals surface area (Å²) in [5, 5.41) is 12.7. The molecule has 3 unspecified atom stereocenters. The monoisotopic (exact) mass is 326 g/mol. The molecule has 0 radical (unpaired) electrons. The van der Waals surface area contributed by atoms with Gasteiger partial charge in [-0.2, -0.15) is 0 Å². The second kappa shape index (κ2) is 5.61. The molecule has 7 nitrogen and oxygen atoms in total. The van der Waals surface area contributed by atoms with Gasteiger partial charge in [0, 0.05) is 12.1 Å². The number of esters is 1. The molecule has 7 heteroatoms. The molecule has 2 aromatic rings. The number of nitrogens with zero attached hydrogens (tertiary/aromatic N) is 2. The van der Waals surface area contributed by atoms with Gasteiger partial charge in [-0.3, -0.25) is 19.7 Å². The van der Waals surface area contributed by atoms with Crippen LogP contribution in [0.15, 0.2) is 54.6 Å². The van der Waals surface area contributed by atoms with E-state index in [4.69, 9.17) is 9.57 Å². The summed E-state index contributed by atoms with van der Waals surface area (Å²) in [6, 6.07) is 15.2. The second-order valence-electron chi connectivity index (χ2n) is 5.76. The first-order valence-corrected chi connectivity index (χ1v) is 7.57. The van der Waals surface area contributed by atoms with Crippen molar-refractivity contribution in [1.82, 2.24) is 0 Å². The van der Waals surface area contributed by atoms with E-state index in [0.717, 1.165) is 5.69 Å². The van der Waals surface area contributed by atoms with Crippen molar-refractivity contribution < 1.29 is 19.3 Å². The van der Waals surface area contributed by atoms with Gasteiger partial charge in [0.25, 0.3) is 5.69 Å². The molecule has 2 fully saturated rings. The Morgan fingerprint density at radius 2 is 1.92 bits per heavy atom. The first-order chi connectivity index (χ1) is 11.6. The number of para-hydroxylation sites is 1. The van der Waals surface area contributed by atoms with E-state index in [0.29, 0.717) is 5.56 Å². The molecule has 0 aromatic heterocycles. The van der Waals surface area contributed by atoms with Crippen molar-refractivity contribution in [2.24, 2.45) is 5.92 Å². The van der Waals surface area contributed by atoms with Crippen LogP contribution in [-0.4, -0.2) is 23.6 Å². The third kappa shape index (κ3) is 2.30. The van der Waals surface area contributed by atoms with Crippen LogP contribution in [0.25, 0.3) is 0 Å². The highest BCUT2D eigenvalue weighted by Gasteiger charge is 2.53. The number of fused-ring (bicyclic) bond motifs is 1. The summed E-state index contributed by atoms with van der Waals surface area (Å²) in [7, 11) is 0. The van der Waals surface area contributed by atoms with E-state index in [-0.39, 0.29) is 24.4 Å². The van der Waals surface area contributed by atoms with Crippen LogP contribution < -0.4 is 5.06 Å². The van der Waals surface area contributed by atoms with Crippen molar-refractivity contribution in [3.8, 4) is 0 Å². The molecule has 0 aliphatic carbocycles. The van der Waals surface area contributed by atoms with Crippen LogP contribution >= 0.6 is 0 Å². The molecule has 0 spiro atoms. The summed E-state index contributed by atoms with van der Waals surface area (Å²) in [5.74, 6) is -0.845. The van der Waals surface area contributed by atoms with Gasteiger partial charge in [-0.25, -0.2) is 5.06 Å². The first kappa shape index (κ1) is 14.6. The van der Waals surface area contributed by atoms with Gasteiger partial charge < -0.3 is 4.74 Å². The predicted octanol–water partition coefficient (Wildman–Crippen LogP) is 2.63. The molecule has 0 amide bonds. The maximum absolute atomic E-state index is 12.2. The number of hydrogen-bond acceptors (Lipinski definition) is 6. The molecular weight excluding hydrogens is 312 g/mol. The molecule has 4 rings (SSSR count). The van der Waals surface area contributed by atoms with E-state index >= 15 is 0 Å². The third-order valence-electron chi connectivity index (χ3n) is 4.34. The number of carbonyl (C=O) groups is 1. The largest absolute Gasteiger partial charge is 0.462 e. The zero-order valence-corrected chi connectivity index (χ0v) is 12.6. The highest BCUT2D eigenvalue weighted by atomic mass is 16.7. The van der Waals surface area contributed by atoms with Crippen LogP contribution in [0.5, 0.6) is 0 Å². The molecule has 0 N–H and O–H groups in total. The minimum atomic E-state index is -0.507. The molecular formula is C17H14N2O5. The molecule has 3 atom stereocenters. The Kier molecular flexibility index (Phi) is 3.42. The second-order valence-corrected chi connectivity index (χ2v) is 5.76. The smallest absolute Gasteiger partial charge is 0.314 e. The molecule has 2 saturated heterocycles. The molecule has 2 aromatic carbocycles. The number of ether oxygens (including phenoxy) is 1. The lowest BCUT2D eigenvalue weighted by molar-refractivity contribution is -0.384. The quantitative estimate of drug-likeness (QED) is 0.490. The fraction of sp³-hybridized carbons (Fsp3) is 0.235. The standard InChI is InChI=1S/C17H14N2O5/c20-17-15-14(10-23-17)24-18(12-6-2-1-3-7-12)16(15)11-5-4-8-13(9-11)19(21)22/h1-9,14-16H,10H2.